The van der Waals surface area contributed by atoms with Gasteiger partial charge < -0.3 is 14.4 Å². The van der Waals surface area contributed by atoms with Crippen LogP contribution in [-0.4, -0.2) is 53.2 Å². The molecule has 122 valence electrons. The molecule has 2 heterocycles. The van der Waals surface area contributed by atoms with E-state index in [-0.39, 0.29) is 37.1 Å². The summed E-state index contributed by atoms with van der Waals surface area (Å²) in [4.78, 5) is 40.4. The number of hydrogen-bond donors (Lipinski definition) is 0. The summed E-state index contributed by atoms with van der Waals surface area (Å²) in [5.41, 5.74) is 0.205. The molecule has 0 N–H and O–H groups in total. The number of nitrogens with zero attached hydrogens (tertiary/aromatic N) is 2. The molecule has 1 aromatic rings. The molecule has 8 heteroatoms. The predicted molar refractivity (Wildman–Crippen MR) is 83.4 cm³/mol. The van der Waals surface area contributed by atoms with Crippen LogP contribution in [0.1, 0.15) is 17.4 Å². The van der Waals surface area contributed by atoms with Crippen molar-refractivity contribution in [2.45, 2.75) is 6.92 Å². The molecule has 0 bridgehead atoms. The number of aromatic nitrogens is 1. The molecule has 1 aliphatic rings. The van der Waals surface area contributed by atoms with Crippen molar-refractivity contribution < 1.29 is 23.9 Å². The molecular formula is C15H16N2O5S. The molecule has 0 aliphatic carbocycles. The number of pyridine rings is 1. The van der Waals surface area contributed by atoms with E-state index in [9.17, 15) is 14.4 Å². The molecule has 0 aromatic carbocycles. The number of esters is 2. The third kappa shape index (κ3) is 4.82. The second-order valence-electron chi connectivity index (χ2n) is 4.42. The van der Waals surface area contributed by atoms with Crippen LogP contribution in [0.5, 0.6) is 0 Å². The number of carbonyl (C=O) groups is 3. The Morgan fingerprint density at radius 3 is 2.91 bits per heavy atom. The summed E-state index contributed by atoms with van der Waals surface area (Å²) in [7, 11) is 0. The minimum absolute atomic E-state index is 0.0157. The highest BCUT2D eigenvalue weighted by Gasteiger charge is 2.27. The number of hydrogen-bond acceptors (Lipinski definition) is 7. The van der Waals surface area contributed by atoms with Gasteiger partial charge in [0.05, 0.1) is 30.0 Å². The predicted octanol–water partition coefficient (Wildman–Crippen LogP) is 1.22. The number of ether oxygens (including phenoxy) is 2. The second kappa shape index (κ2) is 8.33. The Hall–Kier alpha value is -2.35. The van der Waals surface area contributed by atoms with Gasteiger partial charge in [0, 0.05) is 6.20 Å². The number of carbonyl (C=O) groups excluding carboxylic acids is 3. The highest BCUT2D eigenvalue weighted by molar-refractivity contribution is 8.04. The lowest BCUT2D eigenvalue weighted by Crippen LogP contribution is -2.29. The maximum absolute atomic E-state index is 11.8. The van der Waals surface area contributed by atoms with Gasteiger partial charge in [-0.2, -0.15) is 0 Å². The van der Waals surface area contributed by atoms with E-state index in [1.54, 1.807) is 25.1 Å². The van der Waals surface area contributed by atoms with Crippen molar-refractivity contribution in [3.63, 3.8) is 0 Å². The van der Waals surface area contributed by atoms with Gasteiger partial charge in [-0.1, -0.05) is 17.8 Å². The third-order valence-corrected chi connectivity index (χ3v) is 3.89. The van der Waals surface area contributed by atoms with E-state index in [4.69, 9.17) is 9.47 Å². The maximum atomic E-state index is 11.8. The van der Waals surface area contributed by atoms with Gasteiger partial charge in [0.25, 0.3) is 0 Å². The monoisotopic (exact) mass is 336 g/mol. The van der Waals surface area contributed by atoms with Crippen molar-refractivity contribution in [3.8, 4) is 0 Å². The van der Waals surface area contributed by atoms with Gasteiger partial charge in [-0.05, 0) is 19.1 Å². The molecule has 23 heavy (non-hydrogen) atoms. The molecule has 0 atom stereocenters. The molecule has 1 fully saturated rings. The van der Waals surface area contributed by atoms with Crippen molar-refractivity contribution in [1.29, 1.82) is 0 Å². The highest BCUT2D eigenvalue weighted by atomic mass is 32.2. The van der Waals surface area contributed by atoms with Crippen LogP contribution in [0.4, 0.5) is 0 Å². The SMILES string of the molecule is CCOC(=O)C=C1SCC(=O)N1CCOC(=O)c1ccccn1. The summed E-state index contributed by atoms with van der Waals surface area (Å²) in [6.07, 6.45) is 2.77. The summed E-state index contributed by atoms with van der Waals surface area (Å²) >= 11 is 1.25. The first-order valence-corrected chi connectivity index (χ1v) is 8.00. The third-order valence-electron chi connectivity index (χ3n) is 2.86. The molecule has 2 rings (SSSR count). The Bertz CT molecular complexity index is 618. The standard InChI is InChI=1S/C15H16N2O5S/c1-2-21-14(19)9-13-17(12(18)10-23-13)7-8-22-15(20)11-5-3-4-6-16-11/h3-6,9H,2,7-8,10H2,1H3. The van der Waals surface area contributed by atoms with E-state index in [0.29, 0.717) is 5.03 Å². The van der Waals surface area contributed by atoms with Gasteiger partial charge in [-0.3, -0.25) is 4.79 Å². The molecular weight excluding hydrogens is 320 g/mol. The fourth-order valence-electron chi connectivity index (χ4n) is 1.84. The molecule has 0 saturated carbocycles. The quantitative estimate of drug-likeness (QED) is 0.570. The number of amides is 1. The van der Waals surface area contributed by atoms with Crippen LogP contribution in [0.25, 0.3) is 0 Å². The lowest BCUT2D eigenvalue weighted by Gasteiger charge is -2.16. The molecule has 0 radical (unpaired) electrons. The summed E-state index contributed by atoms with van der Waals surface area (Å²) in [6, 6.07) is 4.93. The zero-order valence-corrected chi connectivity index (χ0v) is 13.4. The van der Waals surface area contributed by atoms with Crippen LogP contribution in [0, 0.1) is 0 Å². The Kier molecular flexibility index (Phi) is 6.16. The maximum Gasteiger partial charge on any atom is 0.356 e. The molecule has 1 aromatic heterocycles. The molecule has 0 unspecified atom stereocenters. The smallest absolute Gasteiger partial charge is 0.356 e. The van der Waals surface area contributed by atoms with Crippen LogP contribution in [0.2, 0.25) is 0 Å². The molecule has 7 nitrogen and oxygen atoms in total. The summed E-state index contributed by atoms with van der Waals surface area (Å²) in [6.45, 7) is 2.17. The lowest BCUT2D eigenvalue weighted by molar-refractivity contribution is -0.137. The largest absolute Gasteiger partial charge is 0.463 e. The van der Waals surface area contributed by atoms with E-state index in [2.05, 4.69) is 4.98 Å². The van der Waals surface area contributed by atoms with Crippen LogP contribution < -0.4 is 0 Å². The van der Waals surface area contributed by atoms with Gasteiger partial charge in [0.15, 0.2) is 0 Å². The van der Waals surface area contributed by atoms with Crippen LogP contribution in [-0.2, 0) is 19.1 Å². The van der Waals surface area contributed by atoms with Crippen LogP contribution in [0.15, 0.2) is 35.5 Å². The Labute approximate surface area is 137 Å². The summed E-state index contributed by atoms with van der Waals surface area (Å²) in [5, 5.41) is 0.502. The first-order valence-electron chi connectivity index (χ1n) is 7.01. The first-order chi connectivity index (χ1) is 11.1. The van der Waals surface area contributed by atoms with E-state index < -0.39 is 11.9 Å². The highest BCUT2D eigenvalue weighted by Crippen LogP contribution is 2.28. The van der Waals surface area contributed by atoms with E-state index in [1.807, 2.05) is 0 Å². The summed E-state index contributed by atoms with van der Waals surface area (Å²) in [5.74, 6) is -0.945. The summed E-state index contributed by atoms with van der Waals surface area (Å²) < 4.78 is 9.92. The number of thioether (sulfide) groups is 1. The van der Waals surface area contributed by atoms with Crippen LogP contribution in [0.3, 0.4) is 0 Å². The van der Waals surface area contributed by atoms with Crippen molar-refractivity contribution in [3.05, 3.63) is 41.2 Å². The average Bonchev–Trinajstić information content (AvgIpc) is 2.89. The van der Waals surface area contributed by atoms with Gasteiger partial charge in [-0.15, -0.1) is 0 Å². The van der Waals surface area contributed by atoms with Crippen LogP contribution >= 0.6 is 11.8 Å². The van der Waals surface area contributed by atoms with E-state index in [1.165, 1.54) is 28.9 Å². The molecule has 1 saturated heterocycles. The Balaban J connectivity index is 1.89. The van der Waals surface area contributed by atoms with Gasteiger partial charge in [0.2, 0.25) is 5.91 Å². The van der Waals surface area contributed by atoms with Crippen molar-refractivity contribution in [2.75, 3.05) is 25.5 Å². The fraction of sp³-hybridized carbons (Fsp3) is 0.333. The molecule has 0 spiro atoms. The Morgan fingerprint density at radius 2 is 2.22 bits per heavy atom. The molecule has 1 aliphatic heterocycles. The minimum atomic E-state index is -0.555. The van der Waals surface area contributed by atoms with Crippen molar-refractivity contribution >= 4 is 29.6 Å². The average molecular weight is 336 g/mol. The topological polar surface area (TPSA) is 85.8 Å². The first kappa shape index (κ1) is 17.0. The zero-order chi connectivity index (χ0) is 16.7. The lowest BCUT2D eigenvalue weighted by atomic mass is 10.3. The normalized spacial score (nSPS) is 15.8. The van der Waals surface area contributed by atoms with Crippen molar-refractivity contribution in [2.24, 2.45) is 0 Å². The van der Waals surface area contributed by atoms with Gasteiger partial charge in [0.1, 0.15) is 12.3 Å². The van der Waals surface area contributed by atoms with Gasteiger partial charge in [-0.25, -0.2) is 14.6 Å². The van der Waals surface area contributed by atoms with E-state index >= 15 is 0 Å². The van der Waals surface area contributed by atoms with E-state index in [0.717, 1.165) is 0 Å². The zero-order valence-electron chi connectivity index (χ0n) is 12.6. The fourth-order valence-corrected chi connectivity index (χ4v) is 2.80. The molecule has 1 amide bonds. The number of rotatable bonds is 6. The minimum Gasteiger partial charge on any atom is -0.463 e. The Morgan fingerprint density at radius 1 is 1.39 bits per heavy atom. The second-order valence-corrected chi connectivity index (χ2v) is 5.42. The van der Waals surface area contributed by atoms with Crippen molar-refractivity contribution in [1.82, 2.24) is 9.88 Å². The van der Waals surface area contributed by atoms with Gasteiger partial charge >= 0.3 is 11.9 Å².